The van der Waals surface area contributed by atoms with Crippen LogP contribution in [-0.2, 0) is 0 Å². The summed E-state index contributed by atoms with van der Waals surface area (Å²) in [6.45, 7) is 0. The van der Waals surface area contributed by atoms with E-state index in [0.717, 1.165) is 18.5 Å². The topological polar surface area (TPSA) is 38.4 Å². The molecule has 4 rings (SSSR count). The molecule has 2 aromatic carbocycles. The Labute approximate surface area is 147 Å². The van der Waals surface area contributed by atoms with Gasteiger partial charge < -0.3 is 5.73 Å². The number of rotatable bonds is 2. The van der Waals surface area contributed by atoms with Crippen molar-refractivity contribution in [3.8, 4) is 0 Å². The third-order valence-corrected chi connectivity index (χ3v) is 5.65. The standard InChI is InChI=1S/C21H20N2S/c22-21-23-19-17(14-15-8-3-1-4-9-15)12-7-13-18(19)20(24-21)16-10-5-2-6-11-16/h1-6,8-11,14,20H,7,12-13H2,(H2,22,23)/b17-14+/t20-/m0/s1. The molecule has 0 spiro atoms. The van der Waals surface area contributed by atoms with Crippen LogP contribution in [0.25, 0.3) is 6.08 Å². The molecule has 0 radical (unpaired) electrons. The second kappa shape index (κ2) is 6.70. The van der Waals surface area contributed by atoms with Gasteiger partial charge in [0, 0.05) is 0 Å². The van der Waals surface area contributed by atoms with Gasteiger partial charge in [0.2, 0.25) is 0 Å². The van der Waals surface area contributed by atoms with Crippen molar-refractivity contribution in [2.24, 2.45) is 10.7 Å². The van der Waals surface area contributed by atoms with Gasteiger partial charge in [0.15, 0.2) is 5.17 Å². The summed E-state index contributed by atoms with van der Waals surface area (Å²) in [6, 6.07) is 21.1. The maximum atomic E-state index is 6.18. The lowest BCUT2D eigenvalue weighted by molar-refractivity contribution is 0.736. The molecule has 0 saturated carbocycles. The van der Waals surface area contributed by atoms with Crippen LogP contribution in [0.1, 0.15) is 35.6 Å². The largest absolute Gasteiger partial charge is 0.378 e. The van der Waals surface area contributed by atoms with Gasteiger partial charge in [-0.05, 0) is 47.6 Å². The molecule has 0 bridgehead atoms. The van der Waals surface area contributed by atoms with Gasteiger partial charge in [-0.25, -0.2) is 4.99 Å². The molecule has 120 valence electrons. The Balaban J connectivity index is 1.79. The predicted octanol–water partition coefficient (Wildman–Crippen LogP) is 5.31. The first-order valence-corrected chi connectivity index (χ1v) is 9.24. The summed E-state index contributed by atoms with van der Waals surface area (Å²) >= 11 is 1.68. The quantitative estimate of drug-likeness (QED) is 0.809. The average Bonchev–Trinajstić information content (AvgIpc) is 2.63. The van der Waals surface area contributed by atoms with Gasteiger partial charge in [-0.2, -0.15) is 0 Å². The van der Waals surface area contributed by atoms with Gasteiger partial charge in [-0.1, -0.05) is 72.4 Å². The van der Waals surface area contributed by atoms with Gasteiger partial charge in [0.1, 0.15) is 0 Å². The van der Waals surface area contributed by atoms with E-state index in [-0.39, 0.29) is 5.25 Å². The minimum absolute atomic E-state index is 0.290. The Hall–Kier alpha value is -2.26. The fourth-order valence-electron chi connectivity index (χ4n) is 3.43. The van der Waals surface area contributed by atoms with E-state index in [1.807, 2.05) is 6.07 Å². The summed E-state index contributed by atoms with van der Waals surface area (Å²) in [6.07, 6.45) is 5.61. The van der Waals surface area contributed by atoms with Crippen molar-refractivity contribution in [2.75, 3.05) is 0 Å². The second-order valence-corrected chi connectivity index (χ2v) is 7.29. The number of benzene rings is 2. The molecule has 24 heavy (non-hydrogen) atoms. The van der Waals surface area contributed by atoms with Gasteiger partial charge in [-0.3, -0.25) is 0 Å². The molecule has 2 N–H and O–H groups in total. The highest BCUT2D eigenvalue weighted by molar-refractivity contribution is 8.14. The number of thioether (sulfide) groups is 1. The van der Waals surface area contributed by atoms with Gasteiger partial charge in [-0.15, -0.1) is 0 Å². The zero-order valence-corrected chi connectivity index (χ0v) is 14.3. The van der Waals surface area contributed by atoms with Crippen LogP contribution in [0.15, 0.2) is 82.5 Å². The Morgan fingerprint density at radius 1 is 0.958 bits per heavy atom. The first-order valence-electron chi connectivity index (χ1n) is 8.36. The summed E-state index contributed by atoms with van der Waals surface area (Å²) in [5, 5.41) is 0.960. The smallest absolute Gasteiger partial charge is 0.160 e. The van der Waals surface area contributed by atoms with E-state index in [1.54, 1.807) is 11.8 Å². The van der Waals surface area contributed by atoms with Crippen LogP contribution in [-0.4, -0.2) is 5.17 Å². The van der Waals surface area contributed by atoms with E-state index < -0.39 is 0 Å². The summed E-state index contributed by atoms with van der Waals surface area (Å²) in [5.74, 6) is 0. The lowest BCUT2D eigenvalue weighted by atomic mass is 9.87. The Kier molecular flexibility index (Phi) is 4.26. The number of allylic oxidation sites excluding steroid dienone is 1. The number of nitrogens with zero attached hydrogens (tertiary/aromatic N) is 1. The minimum Gasteiger partial charge on any atom is -0.378 e. The maximum absolute atomic E-state index is 6.18. The van der Waals surface area contributed by atoms with Gasteiger partial charge in [0.05, 0.1) is 10.9 Å². The highest BCUT2D eigenvalue weighted by atomic mass is 32.2. The molecule has 3 heteroatoms. The maximum Gasteiger partial charge on any atom is 0.160 e. The van der Waals surface area contributed by atoms with E-state index in [4.69, 9.17) is 10.7 Å². The zero-order chi connectivity index (χ0) is 16.4. The van der Waals surface area contributed by atoms with Crippen molar-refractivity contribution < 1.29 is 0 Å². The number of hydrogen-bond acceptors (Lipinski definition) is 3. The van der Waals surface area contributed by atoms with Crippen molar-refractivity contribution in [1.29, 1.82) is 0 Å². The number of aliphatic imine (C=N–C) groups is 1. The van der Waals surface area contributed by atoms with Crippen LogP contribution in [0.2, 0.25) is 0 Å². The van der Waals surface area contributed by atoms with E-state index in [1.165, 1.54) is 28.7 Å². The van der Waals surface area contributed by atoms with Crippen LogP contribution in [0.5, 0.6) is 0 Å². The highest BCUT2D eigenvalue weighted by Gasteiger charge is 2.30. The van der Waals surface area contributed by atoms with Crippen molar-refractivity contribution in [3.05, 3.63) is 88.6 Å². The zero-order valence-electron chi connectivity index (χ0n) is 13.5. The van der Waals surface area contributed by atoms with Gasteiger partial charge >= 0.3 is 0 Å². The van der Waals surface area contributed by atoms with Crippen LogP contribution in [0, 0.1) is 0 Å². The van der Waals surface area contributed by atoms with E-state index in [2.05, 4.69) is 60.7 Å². The fraction of sp³-hybridized carbons (Fsp3) is 0.190. The SMILES string of the molecule is NC1=NC2=C(CCC/C2=C\c2ccccc2)[C@H](c2ccccc2)S1. The third-order valence-electron chi connectivity index (χ3n) is 4.52. The predicted molar refractivity (Wildman–Crippen MR) is 104 cm³/mol. The molecule has 1 heterocycles. The molecule has 0 saturated heterocycles. The first kappa shape index (κ1) is 15.3. The molecule has 1 aliphatic heterocycles. The summed E-state index contributed by atoms with van der Waals surface area (Å²) in [7, 11) is 0. The monoisotopic (exact) mass is 332 g/mol. The molecule has 0 fully saturated rings. The lowest BCUT2D eigenvalue weighted by Gasteiger charge is -2.30. The Morgan fingerprint density at radius 3 is 2.42 bits per heavy atom. The van der Waals surface area contributed by atoms with Crippen molar-refractivity contribution in [1.82, 2.24) is 0 Å². The van der Waals surface area contributed by atoms with Crippen LogP contribution in [0.3, 0.4) is 0 Å². The normalized spacial score (nSPS) is 22.2. The van der Waals surface area contributed by atoms with Crippen molar-refractivity contribution in [2.45, 2.75) is 24.5 Å². The van der Waals surface area contributed by atoms with E-state index in [9.17, 15) is 0 Å². The number of amidine groups is 1. The summed E-state index contributed by atoms with van der Waals surface area (Å²) in [5.41, 5.74) is 12.6. The summed E-state index contributed by atoms with van der Waals surface area (Å²) < 4.78 is 0. The van der Waals surface area contributed by atoms with E-state index in [0.29, 0.717) is 5.17 Å². The van der Waals surface area contributed by atoms with Crippen LogP contribution >= 0.6 is 11.8 Å². The minimum atomic E-state index is 0.290. The van der Waals surface area contributed by atoms with Crippen LogP contribution < -0.4 is 5.73 Å². The number of nitrogens with two attached hydrogens (primary N) is 1. The van der Waals surface area contributed by atoms with Crippen molar-refractivity contribution in [3.63, 3.8) is 0 Å². The van der Waals surface area contributed by atoms with Crippen LogP contribution in [0.4, 0.5) is 0 Å². The summed E-state index contributed by atoms with van der Waals surface area (Å²) in [4.78, 5) is 4.73. The van der Waals surface area contributed by atoms with E-state index >= 15 is 0 Å². The molecule has 1 atom stereocenters. The molecule has 2 aliphatic rings. The highest BCUT2D eigenvalue weighted by Crippen LogP contribution is 2.47. The molecular formula is C21H20N2S. The lowest BCUT2D eigenvalue weighted by Crippen LogP contribution is -2.19. The molecule has 1 aliphatic carbocycles. The van der Waals surface area contributed by atoms with Crippen molar-refractivity contribution >= 4 is 23.0 Å². The molecule has 0 unspecified atom stereocenters. The fourth-order valence-corrected chi connectivity index (χ4v) is 4.48. The molecule has 0 aromatic heterocycles. The molecule has 0 amide bonds. The first-order chi connectivity index (χ1) is 11.8. The second-order valence-electron chi connectivity index (χ2n) is 6.17. The Morgan fingerprint density at radius 2 is 1.67 bits per heavy atom. The average molecular weight is 332 g/mol. The molecule has 2 nitrogen and oxygen atoms in total. The number of hydrogen-bond donors (Lipinski definition) is 1. The molecule has 2 aromatic rings. The Bertz CT molecular complexity index is 819. The molecular weight excluding hydrogens is 312 g/mol. The van der Waals surface area contributed by atoms with Gasteiger partial charge in [0.25, 0.3) is 0 Å². The third kappa shape index (κ3) is 3.04.